The zero-order valence-electron chi connectivity index (χ0n) is 13.9. The van der Waals surface area contributed by atoms with Crippen molar-refractivity contribution in [3.63, 3.8) is 0 Å². The maximum Gasteiger partial charge on any atom is 0.273 e. The van der Waals surface area contributed by atoms with Crippen LogP contribution in [0.25, 0.3) is 11.0 Å². The van der Waals surface area contributed by atoms with Crippen LogP contribution in [-0.2, 0) is 6.42 Å². The van der Waals surface area contributed by atoms with Gasteiger partial charge in [-0.05, 0) is 38.1 Å². The molecule has 7 nitrogen and oxygen atoms in total. The van der Waals surface area contributed by atoms with E-state index in [9.17, 15) is 4.79 Å². The van der Waals surface area contributed by atoms with Crippen LogP contribution in [0.15, 0.2) is 40.9 Å². The number of piperidine rings is 1. The first kappa shape index (κ1) is 15.8. The molecule has 0 bridgehead atoms. The average molecular weight is 339 g/mol. The van der Waals surface area contributed by atoms with Gasteiger partial charge in [0.25, 0.3) is 5.91 Å². The average Bonchev–Trinajstić information content (AvgIpc) is 3.29. The minimum atomic E-state index is -0.198. The Balaban J connectivity index is 1.32. The Bertz CT molecular complexity index is 830. The van der Waals surface area contributed by atoms with Gasteiger partial charge in [0.15, 0.2) is 5.69 Å². The summed E-state index contributed by atoms with van der Waals surface area (Å²) in [5, 5.41) is 15.4. The molecule has 130 valence electrons. The number of rotatable bonds is 5. The lowest BCUT2D eigenvalue weighted by Gasteiger charge is -2.22. The zero-order valence-corrected chi connectivity index (χ0v) is 13.9. The van der Waals surface area contributed by atoms with Crippen molar-refractivity contribution >= 4 is 16.9 Å². The number of hydrogen-bond acceptors (Lipinski definition) is 5. The van der Waals surface area contributed by atoms with Crippen LogP contribution in [0, 0.1) is 0 Å². The van der Waals surface area contributed by atoms with E-state index in [1.54, 1.807) is 6.20 Å². The van der Waals surface area contributed by atoms with E-state index in [0.29, 0.717) is 24.7 Å². The van der Waals surface area contributed by atoms with Gasteiger partial charge in [-0.3, -0.25) is 4.79 Å². The number of nitrogens with zero attached hydrogens (tertiary/aromatic N) is 3. The van der Waals surface area contributed by atoms with Crippen LogP contribution in [0.3, 0.4) is 0 Å². The molecule has 2 aromatic heterocycles. The maximum atomic E-state index is 12.2. The number of fused-ring (bicyclic) bond motifs is 1. The summed E-state index contributed by atoms with van der Waals surface area (Å²) in [6.07, 6.45) is 4.41. The first-order chi connectivity index (χ1) is 12.3. The molecule has 0 aliphatic carbocycles. The first-order valence-electron chi connectivity index (χ1n) is 8.68. The number of aromatic nitrogens is 3. The SMILES string of the molecule is O=C(NCCc1cc2ccccc2o1)c1cn(C2CCNCC2)nn1. The predicted molar refractivity (Wildman–Crippen MR) is 93.4 cm³/mol. The van der Waals surface area contributed by atoms with Crippen LogP contribution in [0.5, 0.6) is 0 Å². The molecule has 0 radical (unpaired) electrons. The van der Waals surface area contributed by atoms with Gasteiger partial charge in [0.05, 0.1) is 12.2 Å². The number of furan rings is 1. The second-order valence-electron chi connectivity index (χ2n) is 6.32. The number of nitrogens with one attached hydrogen (secondary N) is 2. The van der Waals surface area contributed by atoms with E-state index in [4.69, 9.17) is 4.42 Å². The maximum absolute atomic E-state index is 12.2. The minimum absolute atomic E-state index is 0.198. The van der Waals surface area contributed by atoms with Crippen LogP contribution in [-0.4, -0.2) is 40.5 Å². The van der Waals surface area contributed by atoms with Crippen molar-refractivity contribution < 1.29 is 9.21 Å². The fourth-order valence-corrected chi connectivity index (χ4v) is 3.18. The summed E-state index contributed by atoms with van der Waals surface area (Å²) in [6, 6.07) is 10.2. The standard InChI is InChI=1S/C18H21N5O2/c24-18(16-12-23(22-21-16)14-5-8-19-9-6-14)20-10-7-15-11-13-3-1-2-4-17(13)25-15/h1-4,11-12,14,19H,5-10H2,(H,20,24). The Hall–Kier alpha value is -2.67. The van der Waals surface area contributed by atoms with Gasteiger partial charge in [0.1, 0.15) is 11.3 Å². The van der Waals surface area contributed by atoms with E-state index in [1.165, 1.54) is 0 Å². The van der Waals surface area contributed by atoms with Crippen molar-refractivity contribution in [3.05, 3.63) is 48.0 Å². The lowest BCUT2D eigenvalue weighted by molar-refractivity contribution is 0.0948. The summed E-state index contributed by atoms with van der Waals surface area (Å²) < 4.78 is 7.56. The quantitative estimate of drug-likeness (QED) is 0.742. The molecular formula is C18H21N5O2. The normalized spacial score (nSPS) is 15.5. The lowest BCUT2D eigenvalue weighted by atomic mass is 10.1. The van der Waals surface area contributed by atoms with Gasteiger partial charge in [-0.15, -0.1) is 5.10 Å². The highest BCUT2D eigenvalue weighted by molar-refractivity contribution is 5.91. The van der Waals surface area contributed by atoms with Gasteiger partial charge in [-0.25, -0.2) is 4.68 Å². The third-order valence-corrected chi connectivity index (χ3v) is 4.56. The van der Waals surface area contributed by atoms with Crippen LogP contribution >= 0.6 is 0 Å². The predicted octanol–water partition coefficient (Wildman–Crippen LogP) is 1.92. The van der Waals surface area contributed by atoms with E-state index in [2.05, 4.69) is 20.9 Å². The molecule has 0 saturated carbocycles. The Morgan fingerprint density at radius 2 is 2.16 bits per heavy atom. The van der Waals surface area contributed by atoms with Crippen LogP contribution in [0.1, 0.15) is 35.1 Å². The van der Waals surface area contributed by atoms with E-state index in [0.717, 1.165) is 42.7 Å². The van der Waals surface area contributed by atoms with Crippen molar-refractivity contribution in [2.24, 2.45) is 0 Å². The van der Waals surface area contributed by atoms with Gasteiger partial charge in [0, 0.05) is 18.4 Å². The van der Waals surface area contributed by atoms with Crippen LogP contribution < -0.4 is 10.6 Å². The molecular weight excluding hydrogens is 318 g/mol. The summed E-state index contributed by atoms with van der Waals surface area (Å²) in [7, 11) is 0. The molecule has 1 fully saturated rings. The highest BCUT2D eigenvalue weighted by atomic mass is 16.3. The number of carbonyl (C=O) groups is 1. The first-order valence-corrected chi connectivity index (χ1v) is 8.68. The van der Waals surface area contributed by atoms with E-state index < -0.39 is 0 Å². The molecule has 3 aromatic rings. The third-order valence-electron chi connectivity index (χ3n) is 4.56. The van der Waals surface area contributed by atoms with E-state index in [-0.39, 0.29) is 5.91 Å². The van der Waals surface area contributed by atoms with E-state index in [1.807, 2.05) is 35.0 Å². The number of hydrogen-bond donors (Lipinski definition) is 2. The van der Waals surface area contributed by atoms with Gasteiger partial charge in [0.2, 0.25) is 0 Å². The van der Waals surface area contributed by atoms with Crippen molar-refractivity contribution in [2.45, 2.75) is 25.3 Å². The fourth-order valence-electron chi connectivity index (χ4n) is 3.18. The lowest BCUT2D eigenvalue weighted by Crippen LogP contribution is -2.29. The molecule has 4 rings (SSSR count). The Morgan fingerprint density at radius 3 is 3.00 bits per heavy atom. The van der Waals surface area contributed by atoms with Gasteiger partial charge in [-0.2, -0.15) is 0 Å². The highest BCUT2D eigenvalue weighted by Crippen LogP contribution is 2.19. The van der Waals surface area contributed by atoms with Crippen molar-refractivity contribution in [1.82, 2.24) is 25.6 Å². The molecule has 0 spiro atoms. The highest BCUT2D eigenvalue weighted by Gasteiger charge is 2.18. The molecule has 1 saturated heterocycles. The fraction of sp³-hybridized carbons (Fsp3) is 0.389. The molecule has 7 heteroatoms. The summed E-state index contributed by atoms with van der Waals surface area (Å²) in [5.41, 5.74) is 1.23. The third kappa shape index (κ3) is 3.56. The van der Waals surface area contributed by atoms with Crippen LogP contribution in [0.2, 0.25) is 0 Å². The Kier molecular flexibility index (Phi) is 4.47. The molecule has 0 atom stereocenters. The monoisotopic (exact) mass is 339 g/mol. The Morgan fingerprint density at radius 1 is 1.32 bits per heavy atom. The summed E-state index contributed by atoms with van der Waals surface area (Å²) in [5.74, 6) is 0.663. The van der Waals surface area contributed by atoms with Gasteiger partial charge < -0.3 is 15.1 Å². The number of carbonyl (C=O) groups excluding carboxylic acids is 1. The zero-order chi connectivity index (χ0) is 17.1. The topological polar surface area (TPSA) is 85.0 Å². The van der Waals surface area contributed by atoms with Crippen molar-refractivity contribution in [2.75, 3.05) is 19.6 Å². The molecule has 2 N–H and O–H groups in total. The largest absolute Gasteiger partial charge is 0.461 e. The molecule has 0 unspecified atom stereocenters. The number of amides is 1. The van der Waals surface area contributed by atoms with Gasteiger partial charge >= 0.3 is 0 Å². The minimum Gasteiger partial charge on any atom is -0.461 e. The molecule has 3 heterocycles. The van der Waals surface area contributed by atoms with Gasteiger partial charge in [-0.1, -0.05) is 23.4 Å². The summed E-state index contributed by atoms with van der Waals surface area (Å²) >= 11 is 0. The Labute approximate surface area is 145 Å². The smallest absolute Gasteiger partial charge is 0.273 e. The molecule has 25 heavy (non-hydrogen) atoms. The second-order valence-corrected chi connectivity index (χ2v) is 6.32. The van der Waals surface area contributed by atoms with E-state index >= 15 is 0 Å². The second kappa shape index (κ2) is 7.06. The number of para-hydroxylation sites is 1. The molecule has 1 aromatic carbocycles. The molecule has 1 amide bonds. The summed E-state index contributed by atoms with van der Waals surface area (Å²) in [6.45, 7) is 2.45. The molecule has 1 aliphatic heterocycles. The van der Waals surface area contributed by atoms with Crippen molar-refractivity contribution in [3.8, 4) is 0 Å². The van der Waals surface area contributed by atoms with Crippen LogP contribution in [0.4, 0.5) is 0 Å². The summed E-state index contributed by atoms with van der Waals surface area (Å²) in [4.78, 5) is 12.2. The number of benzene rings is 1. The molecule has 1 aliphatic rings. The van der Waals surface area contributed by atoms with Crippen molar-refractivity contribution in [1.29, 1.82) is 0 Å².